The van der Waals surface area contributed by atoms with E-state index in [9.17, 15) is 4.79 Å². The second kappa shape index (κ2) is 6.15. The normalized spacial score (nSPS) is 20.8. The maximum atomic E-state index is 12.1. The van der Waals surface area contributed by atoms with Crippen molar-refractivity contribution in [2.75, 3.05) is 13.1 Å². The van der Waals surface area contributed by atoms with Crippen LogP contribution in [0.5, 0.6) is 0 Å². The second-order valence-electron chi connectivity index (χ2n) is 4.65. The Morgan fingerprint density at radius 1 is 1.56 bits per heavy atom. The summed E-state index contributed by atoms with van der Waals surface area (Å²) in [5.74, 6) is 0.771. The van der Waals surface area contributed by atoms with Gasteiger partial charge >= 0.3 is 0 Å². The number of halogens is 1. The number of aryl methyl sites for hydroxylation is 1. The number of carbonyl (C=O) groups excluding carboxylic acids is 1. The van der Waals surface area contributed by atoms with Crippen LogP contribution in [-0.4, -0.2) is 45.1 Å². The van der Waals surface area contributed by atoms with E-state index in [0.717, 1.165) is 25.8 Å². The van der Waals surface area contributed by atoms with E-state index in [4.69, 9.17) is 17.3 Å². The molecule has 7 heteroatoms. The summed E-state index contributed by atoms with van der Waals surface area (Å²) in [5.41, 5.74) is 5.93. The monoisotopic (exact) mass is 271 g/mol. The third-order valence-electron chi connectivity index (χ3n) is 3.14. The Bertz CT molecular complexity index is 408. The minimum atomic E-state index is 0.108. The number of aromatic nitrogens is 3. The van der Waals surface area contributed by atoms with E-state index in [0.29, 0.717) is 25.2 Å². The third kappa shape index (κ3) is 3.68. The lowest BCUT2D eigenvalue weighted by molar-refractivity contribution is -0.131. The fourth-order valence-corrected chi connectivity index (χ4v) is 2.31. The molecule has 1 saturated heterocycles. The largest absolute Gasteiger partial charge is 0.341 e. The summed E-state index contributed by atoms with van der Waals surface area (Å²) in [4.78, 5) is 17.9. The summed E-state index contributed by atoms with van der Waals surface area (Å²) in [5, 5.41) is 6.60. The van der Waals surface area contributed by atoms with Gasteiger partial charge in [0, 0.05) is 32.0 Å². The van der Waals surface area contributed by atoms with E-state index < -0.39 is 0 Å². The molecule has 1 aromatic rings. The molecule has 0 aromatic carbocycles. The Morgan fingerprint density at radius 3 is 3.11 bits per heavy atom. The first-order valence-electron chi connectivity index (χ1n) is 6.25. The Morgan fingerprint density at radius 2 is 2.39 bits per heavy atom. The Kier molecular flexibility index (Phi) is 4.54. The van der Waals surface area contributed by atoms with Gasteiger partial charge in [-0.25, -0.2) is 4.98 Å². The van der Waals surface area contributed by atoms with E-state index in [-0.39, 0.29) is 17.2 Å². The summed E-state index contributed by atoms with van der Waals surface area (Å²) >= 11 is 5.60. The lowest BCUT2D eigenvalue weighted by atomic mass is 10.1. The predicted molar refractivity (Wildman–Crippen MR) is 68.1 cm³/mol. The number of amides is 1. The Labute approximate surface area is 111 Å². The highest BCUT2D eigenvalue weighted by Gasteiger charge is 2.19. The molecule has 3 N–H and O–H groups in total. The van der Waals surface area contributed by atoms with Gasteiger partial charge in [-0.2, -0.15) is 0 Å². The molecular formula is C11H18ClN5O. The van der Waals surface area contributed by atoms with Gasteiger partial charge in [0.15, 0.2) is 0 Å². The highest BCUT2D eigenvalue weighted by molar-refractivity contribution is 6.28. The minimum absolute atomic E-state index is 0.108. The first-order chi connectivity index (χ1) is 8.65. The topological polar surface area (TPSA) is 87.9 Å². The van der Waals surface area contributed by atoms with Crippen molar-refractivity contribution in [3.8, 4) is 0 Å². The molecule has 0 unspecified atom stereocenters. The molecule has 2 rings (SSSR count). The number of aromatic amines is 1. The summed E-state index contributed by atoms with van der Waals surface area (Å²) in [6.45, 7) is 1.47. The van der Waals surface area contributed by atoms with Crippen molar-refractivity contribution in [2.24, 2.45) is 5.73 Å². The molecule has 0 bridgehead atoms. The molecule has 1 fully saturated rings. The number of likely N-dealkylation sites (tertiary alicyclic amines) is 1. The lowest BCUT2D eigenvalue weighted by Gasteiger charge is -2.22. The molecule has 0 aliphatic carbocycles. The lowest BCUT2D eigenvalue weighted by Crippen LogP contribution is -2.39. The van der Waals surface area contributed by atoms with Gasteiger partial charge in [-0.1, -0.05) is 6.42 Å². The van der Waals surface area contributed by atoms with Crippen LogP contribution in [0.4, 0.5) is 0 Å². The standard InChI is InChI=1S/C11H18ClN5O/c12-11-14-9(15-16-11)4-5-10(18)17-6-2-1-3-8(13)7-17/h8H,1-7,13H2,(H,14,15,16)/t8-/m0/s1. The quantitative estimate of drug-likeness (QED) is 0.848. The van der Waals surface area contributed by atoms with Crippen LogP contribution < -0.4 is 5.73 Å². The van der Waals surface area contributed by atoms with Crippen molar-refractivity contribution in [3.63, 3.8) is 0 Å². The van der Waals surface area contributed by atoms with Crippen LogP contribution in [0.3, 0.4) is 0 Å². The van der Waals surface area contributed by atoms with E-state index in [2.05, 4.69) is 15.2 Å². The van der Waals surface area contributed by atoms with Crippen LogP contribution in [0.1, 0.15) is 31.5 Å². The number of hydrogen-bond donors (Lipinski definition) is 2. The molecule has 1 aliphatic heterocycles. The average molecular weight is 272 g/mol. The van der Waals surface area contributed by atoms with Gasteiger partial charge in [0.1, 0.15) is 5.82 Å². The average Bonchev–Trinajstić information content (AvgIpc) is 2.63. The SMILES string of the molecule is N[C@H]1CCCCN(C(=O)CCc2nc(Cl)n[nH]2)C1. The van der Waals surface area contributed by atoms with Crippen molar-refractivity contribution in [3.05, 3.63) is 11.1 Å². The molecule has 2 heterocycles. The molecule has 1 atom stereocenters. The second-order valence-corrected chi connectivity index (χ2v) is 4.98. The Hall–Kier alpha value is -1.14. The van der Waals surface area contributed by atoms with Crippen molar-refractivity contribution in [1.29, 1.82) is 0 Å². The maximum absolute atomic E-state index is 12.1. The van der Waals surface area contributed by atoms with Crippen LogP contribution >= 0.6 is 11.6 Å². The number of carbonyl (C=O) groups is 1. The van der Waals surface area contributed by atoms with Crippen LogP contribution in [0.2, 0.25) is 5.28 Å². The predicted octanol–water partition coefficient (Wildman–Crippen LogP) is 0.730. The van der Waals surface area contributed by atoms with Crippen LogP contribution in [0.15, 0.2) is 0 Å². The third-order valence-corrected chi connectivity index (χ3v) is 3.31. The maximum Gasteiger partial charge on any atom is 0.242 e. The minimum Gasteiger partial charge on any atom is -0.341 e. The molecule has 1 aliphatic rings. The number of nitrogens with one attached hydrogen (secondary N) is 1. The molecule has 0 spiro atoms. The fourth-order valence-electron chi connectivity index (χ4n) is 2.17. The number of rotatable bonds is 3. The zero-order valence-corrected chi connectivity index (χ0v) is 11.0. The number of nitrogens with zero attached hydrogens (tertiary/aromatic N) is 3. The van der Waals surface area contributed by atoms with Gasteiger partial charge in [-0.15, -0.1) is 5.10 Å². The summed E-state index contributed by atoms with van der Waals surface area (Å²) in [7, 11) is 0. The van der Waals surface area contributed by atoms with Crippen LogP contribution in [-0.2, 0) is 11.2 Å². The summed E-state index contributed by atoms with van der Waals surface area (Å²) in [6, 6.07) is 0.108. The molecular weight excluding hydrogens is 254 g/mol. The van der Waals surface area contributed by atoms with Gasteiger partial charge in [0.25, 0.3) is 0 Å². The summed E-state index contributed by atoms with van der Waals surface area (Å²) in [6.07, 6.45) is 4.08. The number of hydrogen-bond acceptors (Lipinski definition) is 4. The zero-order chi connectivity index (χ0) is 13.0. The van der Waals surface area contributed by atoms with Gasteiger partial charge in [-0.3, -0.25) is 9.89 Å². The van der Waals surface area contributed by atoms with E-state index >= 15 is 0 Å². The highest BCUT2D eigenvalue weighted by atomic mass is 35.5. The van der Waals surface area contributed by atoms with Crippen LogP contribution in [0, 0.1) is 0 Å². The van der Waals surface area contributed by atoms with Gasteiger partial charge in [0.2, 0.25) is 11.2 Å². The van der Waals surface area contributed by atoms with Crippen molar-refractivity contribution < 1.29 is 4.79 Å². The molecule has 100 valence electrons. The summed E-state index contributed by atoms with van der Waals surface area (Å²) < 4.78 is 0. The molecule has 1 amide bonds. The van der Waals surface area contributed by atoms with Gasteiger partial charge in [-0.05, 0) is 24.4 Å². The van der Waals surface area contributed by atoms with Crippen molar-refractivity contribution in [1.82, 2.24) is 20.1 Å². The zero-order valence-electron chi connectivity index (χ0n) is 10.2. The molecule has 6 nitrogen and oxygen atoms in total. The highest BCUT2D eigenvalue weighted by Crippen LogP contribution is 2.11. The fraction of sp³-hybridized carbons (Fsp3) is 0.727. The van der Waals surface area contributed by atoms with Gasteiger partial charge in [0.05, 0.1) is 0 Å². The molecule has 0 radical (unpaired) electrons. The van der Waals surface area contributed by atoms with E-state index in [1.54, 1.807) is 0 Å². The molecule has 0 saturated carbocycles. The van der Waals surface area contributed by atoms with Gasteiger partial charge < -0.3 is 10.6 Å². The Balaban J connectivity index is 1.83. The first kappa shape index (κ1) is 13.3. The first-order valence-corrected chi connectivity index (χ1v) is 6.63. The van der Waals surface area contributed by atoms with Crippen molar-refractivity contribution in [2.45, 2.75) is 38.1 Å². The van der Waals surface area contributed by atoms with E-state index in [1.165, 1.54) is 0 Å². The molecule has 18 heavy (non-hydrogen) atoms. The van der Waals surface area contributed by atoms with E-state index in [1.807, 2.05) is 4.90 Å². The van der Waals surface area contributed by atoms with Crippen molar-refractivity contribution >= 4 is 17.5 Å². The molecule has 1 aromatic heterocycles. The smallest absolute Gasteiger partial charge is 0.242 e. The number of nitrogens with two attached hydrogens (primary N) is 1. The number of H-pyrrole nitrogens is 1. The van der Waals surface area contributed by atoms with Crippen LogP contribution in [0.25, 0.3) is 0 Å².